The molecular weight excluding hydrogens is 342 g/mol. The fourth-order valence-corrected chi connectivity index (χ4v) is 4.17. The molecule has 1 aromatic carbocycles. The summed E-state index contributed by atoms with van der Waals surface area (Å²) >= 11 is 0. The summed E-state index contributed by atoms with van der Waals surface area (Å²) in [4.78, 5) is 28.2. The van der Waals surface area contributed by atoms with Crippen LogP contribution in [0.3, 0.4) is 0 Å². The van der Waals surface area contributed by atoms with Crippen molar-refractivity contribution in [1.82, 2.24) is 15.1 Å². The summed E-state index contributed by atoms with van der Waals surface area (Å²) in [5, 5.41) is 12.3. The average Bonchev–Trinajstić information content (AvgIpc) is 2.69. The fourth-order valence-electron chi connectivity index (χ4n) is 4.17. The highest BCUT2D eigenvalue weighted by Gasteiger charge is 2.28. The van der Waals surface area contributed by atoms with Crippen molar-refractivity contribution >= 4 is 12.0 Å². The Labute approximate surface area is 161 Å². The number of carbonyl (C=O) groups is 2. The van der Waals surface area contributed by atoms with E-state index in [2.05, 4.69) is 22.3 Å². The van der Waals surface area contributed by atoms with Crippen LogP contribution in [0.1, 0.15) is 44.1 Å². The Morgan fingerprint density at radius 2 is 1.70 bits per heavy atom. The van der Waals surface area contributed by atoms with Crippen molar-refractivity contribution in [2.24, 2.45) is 5.92 Å². The van der Waals surface area contributed by atoms with E-state index in [-0.39, 0.29) is 6.03 Å². The smallest absolute Gasteiger partial charge is 0.326 e. The normalized spacial score (nSPS) is 20.2. The summed E-state index contributed by atoms with van der Waals surface area (Å²) in [6, 6.07) is 9.30. The van der Waals surface area contributed by atoms with Gasteiger partial charge in [0.2, 0.25) is 0 Å². The zero-order valence-corrected chi connectivity index (χ0v) is 16.0. The van der Waals surface area contributed by atoms with E-state index >= 15 is 0 Å². The lowest BCUT2D eigenvalue weighted by molar-refractivity contribution is -0.139. The van der Waals surface area contributed by atoms with Crippen molar-refractivity contribution in [3.63, 3.8) is 0 Å². The second kappa shape index (κ2) is 9.74. The molecule has 1 atom stereocenters. The summed E-state index contributed by atoms with van der Waals surface area (Å²) in [5.41, 5.74) is 1.27. The van der Waals surface area contributed by atoms with E-state index < -0.39 is 12.0 Å². The molecule has 2 fully saturated rings. The first-order valence-corrected chi connectivity index (χ1v) is 10.2. The number of hydrogen-bond donors (Lipinski definition) is 2. The van der Waals surface area contributed by atoms with Gasteiger partial charge in [-0.2, -0.15) is 0 Å². The predicted molar refractivity (Wildman–Crippen MR) is 104 cm³/mol. The van der Waals surface area contributed by atoms with E-state index in [0.717, 1.165) is 32.5 Å². The molecule has 1 aliphatic heterocycles. The predicted octanol–water partition coefficient (Wildman–Crippen LogP) is 2.94. The highest BCUT2D eigenvalue weighted by atomic mass is 16.4. The van der Waals surface area contributed by atoms with Crippen LogP contribution in [0.5, 0.6) is 0 Å². The van der Waals surface area contributed by atoms with Crippen molar-refractivity contribution in [3.8, 4) is 0 Å². The van der Waals surface area contributed by atoms with E-state index in [4.69, 9.17) is 0 Å². The number of benzene rings is 1. The Morgan fingerprint density at radius 1 is 1.04 bits per heavy atom. The van der Waals surface area contributed by atoms with E-state index in [0.29, 0.717) is 25.4 Å². The van der Waals surface area contributed by atoms with Crippen LogP contribution in [0.15, 0.2) is 30.3 Å². The molecule has 1 saturated heterocycles. The zero-order chi connectivity index (χ0) is 19.1. The first-order valence-electron chi connectivity index (χ1n) is 10.2. The largest absolute Gasteiger partial charge is 0.480 e. The number of rotatable bonds is 6. The Hall–Kier alpha value is -2.08. The van der Waals surface area contributed by atoms with Crippen LogP contribution in [0, 0.1) is 5.92 Å². The molecule has 1 aromatic rings. The molecule has 2 N–H and O–H groups in total. The van der Waals surface area contributed by atoms with E-state index in [1.54, 1.807) is 4.90 Å². The molecule has 148 valence electrons. The van der Waals surface area contributed by atoms with Crippen molar-refractivity contribution in [2.75, 3.05) is 26.2 Å². The van der Waals surface area contributed by atoms with Crippen LogP contribution in [0.2, 0.25) is 0 Å². The number of nitrogens with zero attached hydrogens (tertiary/aromatic N) is 2. The minimum Gasteiger partial charge on any atom is -0.480 e. The Bertz CT molecular complexity index is 608. The van der Waals surface area contributed by atoms with Gasteiger partial charge in [-0.3, -0.25) is 4.90 Å². The standard InChI is InChI=1S/C21H31N3O3/c25-20(26)19(15-17-7-3-1-4-8-17)22-21(27)24-13-11-23(12-14-24)16-18-9-5-2-6-10-18/h2,5-6,9-10,17,19H,1,3-4,7-8,11-16H2,(H,22,27)(H,25,26)/t19-/m0/s1. The van der Waals surface area contributed by atoms with Gasteiger partial charge in [0.15, 0.2) is 0 Å². The number of carboxylic acid groups (broad SMARTS) is 1. The van der Waals surface area contributed by atoms with Crippen LogP contribution in [-0.2, 0) is 11.3 Å². The number of piperazine rings is 1. The molecule has 0 spiro atoms. The quantitative estimate of drug-likeness (QED) is 0.804. The SMILES string of the molecule is O=C(O)[C@H](CC1CCCCC1)NC(=O)N1CCN(Cc2ccccc2)CC1. The third kappa shape index (κ3) is 5.96. The highest BCUT2D eigenvalue weighted by Crippen LogP contribution is 2.27. The number of amides is 2. The van der Waals surface area contributed by atoms with Crippen LogP contribution in [-0.4, -0.2) is 59.1 Å². The Balaban J connectivity index is 1.45. The van der Waals surface area contributed by atoms with E-state index in [9.17, 15) is 14.7 Å². The van der Waals surface area contributed by atoms with Gasteiger partial charge >= 0.3 is 12.0 Å². The number of urea groups is 1. The maximum absolute atomic E-state index is 12.6. The monoisotopic (exact) mass is 373 g/mol. The third-order valence-electron chi connectivity index (χ3n) is 5.80. The van der Waals surface area contributed by atoms with Gasteiger partial charge in [0.05, 0.1) is 0 Å². The molecule has 27 heavy (non-hydrogen) atoms. The summed E-state index contributed by atoms with van der Waals surface area (Å²) in [6.45, 7) is 3.77. The third-order valence-corrected chi connectivity index (χ3v) is 5.80. The van der Waals surface area contributed by atoms with Crippen LogP contribution in [0.25, 0.3) is 0 Å². The Kier molecular flexibility index (Phi) is 7.10. The van der Waals surface area contributed by atoms with Gasteiger partial charge in [-0.15, -0.1) is 0 Å². The molecule has 0 unspecified atom stereocenters. The fraction of sp³-hybridized carbons (Fsp3) is 0.619. The first-order chi connectivity index (χ1) is 13.1. The topological polar surface area (TPSA) is 72.9 Å². The lowest BCUT2D eigenvalue weighted by Crippen LogP contribution is -2.54. The summed E-state index contributed by atoms with van der Waals surface area (Å²) in [5.74, 6) is -0.500. The number of hydrogen-bond acceptors (Lipinski definition) is 3. The van der Waals surface area contributed by atoms with E-state index in [1.807, 2.05) is 18.2 Å². The minimum absolute atomic E-state index is 0.238. The number of aliphatic carboxylic acids is 1. The van der Waals surface area contributed by atoms with Crippen molar-refractivity contribution < 1.29 is 14.7 Å². The number of carboxylic acids is 1. The zero-order valence-electron chi connectivity index (χ0n) is 16.0. The minimum atomic E-state index is -0.920. The molecule has 0 aromatic heterocycles. The molecular formula is C21H31N3O3. The molecule has 1 heterocycles. The molecule has 2 aliphatic rings. The van der Waals surface area contributed by atoms with Gasteiger partial charge in [0.25, 0.3) is 0 Å². The molecule has 3 rings (SSSR count). The summed E-state index contributed by atoms with van der Waals surface area (Å²) in [7, 11) is 0. The lowest BCUT2D eigenvalue weighted by Gasteiger charge is -2.35. The maximum Gasteiger partial charge on any atom is 0.326 e. The van der Waals surface area contributed by atoms with Crippen molar-refractivity contribution in [2.45, 2.75) is 51.1 Å². The van der Waals surface area contributed by atoms with Crippen molar-refractivity contribution in [1.29, 1.82) is 0 Å². The molecule has 1 aliphatic carbocycles. The van der Waals surface area contributed by atoms with Crippen LogP contribution >= 0.6 is 0 Å². The molecule has 6 heteroatoms. The summed E-state index contributed by atoms with van der Waals surface area (Å²) < 4.78 is 0. The summed E-state index contributed by atoms with van der Waals surface area (Å²) in [6.07, 6.45) is 6.31. The molecule has 6 nitrogen and oxygen atoms in total. The molecule has 0 bridgehead atoms. The highest BCUT2D eigenvalue weighted by molar-refractivity contribution is 5.82. The van der Waals surface area contributed by atoms with Crippen LogP contribution < -0.4 is 5.32 Å². The average molecular weight is 373 g/mol. The number of carbonyl (C=O) groups excluding carboxylic acids is 1. The van der Waals surface area contributed by atoms with Gasteiger partial charge in [-0.1, -0.05) is 62.4 Å². The second-order valence-electron chi connectivity index (χ2n) is 7.83. The maximum atomic E-state index is 12.6. The Morgan fingerprint density at radius 3 is 2.33 bits per heavy atom. The first kappa shape index (κ1) is 19.7. The van der Waals surface area contributed by atoms with E-state index in [1.165, 1.54) is 24.8 Å². The van der Waals surface area contributed by atoms with Gasteiger partial charge in [0.1, 0.15) is 6.04 Å². The van der Waals surface area contributed by atoms with Gasteiger partial charge in [0, 0.05) is 32.7 Å². The van der Waals surface area contributed by atoms with Gasteiger partial charge < -0.3 is 15.3 Å². The molecule has 0 radical (unpaired) electrons. The lowest BCUT2D eigenvalue weighted by atomic mass is 9.85. The number of nitrogens with one attached hydrogen (secondary N) is 1. The van der Waals surface area contributed by atoms with Crippen molar-refractivity contribution in [3.05, 3.63) is 35.9 Å². The molecule has 2 amide bonds. The van der Waals surface area contributed by atoms with Crippen LogP contribution in [0.4, 0.5) is 4.79 Å². The van der Waals surface area contributed by atoms with Gasteiger partial charge in [-0.25, -0.2) is 9.59 Å². The second-order valence-corrected chi connectivity index (χ2v) is 7.83. The molecule has 1 saturated carbocycles. The van der Waals surface area contributed by atoms with Gasteiger partial charge in [-0.05, 0) is 17.9 Å².